The Bertz CT molecular complexity index is 344. The van der Waals surface area contributed by atoms with Gasteiger partial charge in [-0.2, -0.15) is 0 Å². The van der Waals surface area contributed by atoms with E-state index in [9.17, 15) is 10.2 Å². The zero-order valence-electron chi connectivity index (χ0n) is 9.34. The van der Waals surface area contributed by atoms with E-state index in [-0.39, 0.29) is 19.3 Å². The second-order valence-corrected chi connectivity index (χ2v) is 4.19. The summed E-state index contributed by atoms with van der Waals surface area (Å²) in [7, 11) is 0. The summed E-state index contributed by atoms with van der Waals surface area (Å²) in [6.07, 6.45) is 6.75. The zero-order valence-corrected chi connectivity index (χ0v) is 9.34. The number of aromatic nitrogens is 1. The maximum absolute atomic E-state index is 9.37. The summed E-state index contributed by atoms with van der Waals surface area (Å²) in [6, 6.07) is 2.10. The molecule has 0 saturated carbocycles. The van der Waals surface area contributed by atoms with E-state index in [0.29, 0.717) is 0 Å². The highest BCUT2D eigenvalue weighted by Crippen LogP contribution is 2.27. The Labute approximate surface area is 95.5 Å². The maximum Gasteiger partial charge on any atom is 0.0717 e. The van der Waals surface area contributed by atoms with Gasteiger partial charge in [0, 0.05) is 30.2 Å². The van der Waals surface area contributed by atoms with Crippen LogP contribution in [-0.4, -0.2) is 34.4 Å². The highest BCUT2D eigenvalue weighted by atomic mass is 16.3. The summed E-state index contributed by atoms with van der Waals surface area (Å²) in [4.78, 5) is 6.20. The summed E-state index contributed by atoms with van der Waals surface area (Å²) < 4.78 is 0. The van der Waals surface area contributed by atoms with Crippen molar-refractivity contribution in [3.63, 3.8) is 0 Å². The summed E-state index contributed by atoms with van der Waals surface area (Å²) in [6.45, 7) is 1.12. The number of anilines is 1. The molecule has 0 radical (unpaired) electrons. The van der Waals surface area contributed by atoms with Gasteiger partial charge in [0.05, 0.1) is 19.3 Å². The summed E-state index contributed by atoms with van der Waals surface area (Å²) in [5.74, 6) is 0. The molecule has 1 atom stereocenters. The van der Waals surface area contributed by atoms with E-state index < -0.39 is 0 Å². The molecule has 1 saturated heterocycles. The Morgan fingerprint density at radius 2 is 2.25 bits per heavy atom. The monoisotopic (exact) mass is 222 g/mol. The minimum Gasteiger partial charge on any atom is -0.394 e. The van der Waals surface area contributed by atoms with Crippen LogP contribution in [-0.2, 0) is 6.61 Å². The van der Waals surface area contributed by atoms with Crippen LogP contribution in [0.15, 0.2) is 18.5 Å². The van der Waals surface area contributed by atoms with E-state index >= 15 is 0 Å². The molecule has 1 aromatic rings. The Hall–Kier alpha value is -1.13. The molecule has 4 heteroatoms. The smallest absolute Gasteiger partial charge is 0.0717 e. The minimum atomic E-state index is -0.00216. The largest absolute Gasteiger partial charge is 0.394 e. The molecular formula is C12H18N2O2. The topological polar surface area (TPSA) is 56.6 Å². The molecule has 2 heterocycles. The van der Waals surface area contributed by atoms with E-state index in [0.717, 1.165) is 30.6 Å². The number of aliphatic hydroxyl groups is 2. The molecule has 0 aliphatic carbocycles. The van der Waals surface area contributed by atoms with E-state index in [2.05, 4.69) is 9.88 Å². The lowest BCUT2D eigenvalue weighted by atomic mass is 10.0. The number of rotatable bonds is 3. The van der Waals surface area contributed by atoms with Crippen LogP contribution in [0.25, 0.3) is 0 Å². The first-order chi connectivity index (χ1) is 7.86. The Morgan fingerprint density at radius 3 is 3.00 bits per heavy atom. The second-order valence-electron chi connectivity index (χ2n) is 4.19. The molecule has 0 aromatic carbocycles. The van der Waals surface area contributed by atoms with Crippen LogP contribution in [0.4, 0.5) is 5.69 Å². The van der Waals surface area contributed by atoms with Gasteiger partial charge in [0.25, 0.3) is 0 Å². The molecular weight excluding hydrogens is 204 g/mol. The predicted octanol–water partition coefficient (Wildman–Crippen LogP) is 0.925. The van der Waals surface area contributed by atoms with Gasteiger partial charge in [-0.05, 0) is 25.3 Å². The van der Waals surface area contributed by atoms with Crippen molar-refractivity contribution in [1.82, 2.24) is 4.98 Å². The van der Waals surface area contributed by atoms with E-state index in [4.69, 9.17) is 0 Å². The van der Waals surface area contributed by atoms with Crippen molar-refractivity contribution in [2.75, 3.05) is 18.1 Å². The summed E-state index contributed by atoms with van der Waals surface area (Å²) in [5, 5.41) is 18.6. The number of aliphatic hydroxyl groups excluding tert-OH is 2. The van der Waals surface area contributed by atoms with Crippen molar-refractivity contribution in [1.29, 1.82) is 0 Å². The van der Waals surface area contributed by atoms with Crippen molar-refractivity contribution in [3.05, 3.63) is 24.0 Å². The lowest BCUT2D eigenvalue weighted by Gasteiger charge is -2.37. The molecule has 4 nitrogen and oxygen atoms in total. The number of hydrogen-bond donors (Lipinski definition) is 2. The molecule has 88 valence electrons. The van der Waals surface area contributed by atoms with Gasteiger partial charge in [-0.15, -0.1) is 0 Å². The fourth-order valence-electron chi connectivity index (χ4n) is 2.33. The molecule has 0 bridgehead atoms. The first kappa shape index (κ1) is 11.4. The summed E-state index contributed by atoms with van der Waals surface area (Å²) in [5.41, 5.74) is 1.85. The number of nitrogens with zero attached hydrogens (tertiary/aromatic N) is 2. The van der Waals surface area contributed by atoms with E-state index in [1.807, 2.05) is 6.07 Å². The molecule has 0 spiro atoms. The normalized spacial score (nSPS) is 21.1. The van der Waals surface area contributed by atoms with Crippen LogP contribution in [0.5, 0.6) is 0 Å². The molecule has 0 amide bonds. The molecule has 16 heavy (non-hydrogen) atoms. The predicted molar refractivity (Wildman–Crippen MR) is 62.2 cm³/mol. The molecule has 1 aromatic heterocycles. The third kappa shape index (κ3) is 2.18. The number of piperidine rings is 1. The van der Waals surface area contributed by atoms with Crippen molar-refractivity contribution >= 4 is 5.69 Å². The Balaban J connectivity index is 2.26. The fourth-order valence-corrected chi connectivity index (χ4v) is 2.33. The van der Waals surface area contributed by atoms with Crippen molar-refractivity contribution < 1.29 is 10.2 Å². The van der Waals surface area contributed by atoms with Gasteiger partial charge in [0.1, 0.15) is 0 Å². The van der Waals surface area contributed by atoms with Crippen LogP contribution in [0.3, 0.4) is 0 Å². The second kappa shape index (κ2) is 5.27. The molecule has 2 N–H and O–H groups in total. The Kier molecular flexibility index (Phi) is 3.74. The third-order valence-corrected chi connectivity index (χ3v) is 3.20. The highest BCUT2D eigenvalue weighted by Gasteiger charge is 2.23. The van der Waals surface area contributed by atoms with Crippen molar-refractivity contribution in [3.8, 4) is 0 Å². The van der Waals surface area contributed by atoms with Gasteiger partial charge in [-0.1, -0.05) is 0 Å². The first-order valence-electron chi connectivity index (χ1n) is 5.78. The zero-order chi connectivity index (χ0) is 11.4. The van der Waals surface area contributed by atoms with Crippen molar-refractivity contribution in [2.24, 2.45) is 0 Å². The van der Waals surface area contributed by atoms with Crippen LogP contribution < -0.4 is 4.90 Å². The average Bonchev–Trinajstić information content (AvgIpc) is 2.38. The van der Waals surface area contributed by atoms with Crippen LogP contribution in [0, 0.1) is 0 Å². The van der Waals surface area contributed by atoms with Gasteiger partial charge in [0.2, 0.25) is 0 Å². The molecule has 1 aliphatic rings. The number of hydrogen-bond acceptors (Lipinski definition) is 4. The summed E-state index contributed by atoms with van der Waals surface area (Å²) >= 11 is 0. The molecule has 1 unspecified atom stereocenters. The quantitative estimate of drug-likeness (QED) is 0.798. The standard InChI is InChI=1S/C12H18N2O2/c15-8-10-7-13-5-4-12(10)14-6-2-1-3-11(14)9-16/h4-5,7,11,15-16H,1-3,6,8-9H2. The van der Waals surface area contributed by atoms with Crippen LogP contribution >= 0.6 is 0 Å². The van der Waals surface area contributed by atoms with E-state index in [1.54, 1.807) is 12.4 Å². The molecule has 1 aliphatic heterocycles. The van der Waals surface area contributed by atoms with Gasteiger partial charge in [-0.25, -0.2) is 0 Å². The van der Waals surface area contributed by atoms with Gasteiger partial charge >= 0.3 is 0 Å². The first-order valence-corrected chi connectivity index (χ1v) is 5.78. The lowest BCUT2D eigenvalue weighted by molar-refractivity contribution is 0.238. The fraction of sp³-hybridized carbons (Fsp3) is 0.583. The van der Waals surface area contributed by atoms with Crippen molar-refractivity contribution in [2.45, 2.75) is 31.9 Å². The number of pyridine rings is 1. The van der Waals surface area contributed by atoms with Gasteiger partial charge in [0.15, 0.2) is 0 Å². The third-order valence-electron chi connectivity index (χ3n) is 3.20. The lowest BCUT2D eigenvalue weighted by Crippen LogP contribution is -2.42. The SMILES string of the molecule is OCc1cnccc1N1CCCCC1CO. The van der Waals surface area contributed by atoms with E-state index in [1.165, 1.54) is 6.42 Å². The molecule has 2 rings (SSSR count). The van der Waals surface area contributed by atoms with Crippen LogP contribution in [0.2, 0.25) is 0 Å². The van der Waals surface area contributed by atoms with Gasteiger partial charge in [-0.3, -0.25) is 4.98 Å². The van der Waals surface area contributed by atoms with Gasteiger partial charge < -0.3 is 15.1 Å². The Morgan fingerprint density at radius 1 is 1.38 bits per heavy atom. The highest BCUT2D eigenvalue weighted by molar-refractivity contribution is 5.53. The minimum absolute atomic E-state index is 0.00216. The average molecular weight is 222 g/mol. The maximum atomic E-state index is 9.37. The van der Waals surface area contributed by atoms with Crippen LogP contribution in [0.1, 0.15) is 24.8 Å². The molecule has 1 fully saturated rings.